The van der Waals surface area contributed by atoms with Gasteiger partial charge in [-0.15, -0.1) is 0 Å². The van der Waals surface area contributed by atoms with Crippen molar-refractivity contribution in [3.63, 3.8) is 0 Å². The van der Waals surface area contributed by atoms with Crippen LogP contribution in [0.15, 0.2) is 0 Å². The first-order valence-corrected chi connectivity index (χ1v) is 9.23. The highest BCUT2D eigenvalue weighted by Gasteiger charge is 2.23. The number of nitrogens with zero attached hydrogens (tertiary/aromatic N) is 3. The fourth-order valence-electron chi connectivity index (χ4n) is 3.06. The molecule has 0 unspecified atom stereocenters. The molecule has 1 aliphatic rings. The molecular weight excluding hydrogens is 375 g/mol. The van der Waals surface area contributed by atoms with Crippen LogP contribution in [0.2, 0.25) is 0 Å². The summed E-state index contributed by atoms with van der Waals surface area (Å²) < 4.78 is 1.22. The SMILES string of the molecule is CCN(CC)CCc1nc(NC)c(I)c(C2CCCC2)n1. The van der Waals surface area contributed by atoms with Crippen LogP contribution in [0.5, 0.6) is 0 Å². The number of aromatic nitrogens is 2. The molecule has 0 spiro atoms. The van der Waals surface area contributed by atoms with Gasteiger partial charge in [0.25, 0.3) is 0 Å². The molecule has 0 aromatic carbocycles. The third-order valence-electron chi connectivity index (χ3n) is 4.45. The van der Waals surface area contributed by atoms with Gasteiger partial charge < -0.3 is 10.2 Å². The Kier molecular flexibility index (Phi) is 6.67. The fraction of sp³-hybridized carbons (Fsp3) is 0.750. The van der Waals surface area contributed by atoms with Crippen molar-refractivity contribution in [2.75, 3.05) is 32.0 Å². The van der Waals surface area contributed by atoms with Gasteiger partial charge in [0.2, 0.25) is 0 Å². The van der Waals surface area contributed by atoms with Gasteiger partial charge in [0.15, 0.2) is 0 Å². The lowest BCUT2D eigenvalue weighted by molar-refractivity contribution is 0.305. The molecule has 1 aromatic heterocycles. The summed E-state index contributed by atoms with van der Waals surface area (Å²) in [5.74, 6) is 2.63. The van der Waals surface area contributed by atoms with E-state index in [0.717, 1.165) is 37.7 Å². The van der Waals surface area contributed by atoms with E-state index in [1.807, 2.05) is 7.05 Å². The van der Waals surface area contributed by atoms with Gasteiger partial charge in [0, 0.05) is 25.9 Å². The molecule has 0 atom stereocenters. The van der Waals surface area contributed by atoms with Gasteiger partial charge in [-0.1, -0.05) is 26.7 Å². The van der Waals surface area contributed by atoms with Crippen molar-refractivity contribution in [3.8, 4) is 0 Å². The molecule has 21 heavy (non-hydrogen) atoms. The third-order valence-corrected chi connectivity index (χ3v) is 5.51. The Bertz CT molecular complexity index is 454. The first-order valence-electron chi connectivity index (χ1n) is 8.16. The largest absolute Gasteiger partial charge is 0.372 e. The van der Waals surface area contributed by atoms with E-state index in [0.29, 0.717) is 5.92 Å². The number of rotatable bonds is 7. The maximum absolute atomic E-state index is 4.92. The Hall–Kier alpha value is -0.430. The van der Waals surface area contributed by atoms with Crippen LogP contribution >= 0.6 is 22.6 Å². The molecule has 1 aliphatic carbocycles. The molecule has 0 bridgehead atoms. The summed E-state index contributed by atoms with van der Waals surface area (Å²) in [5.41, 5.74) is 1.28. The molecule has 1 fully saturated rings. The lowest BCUT2D eigenvalue weighted by Gasteiger charge is -2.19. The average molecular weight is 402 g/mol. The zero-order valence-electron chi connectivity index (χ0n) is 13.5. The number of nitrogens with one attached hydrogen (secondary N) is 1. The molecule has 1 N–H and O–H groups in total. The number of hydrogen-bond acceptors (Lipinski definition) is 4. The molecule has 2 rings (SSSR count). The third kappa shape index (κ3) is 4.28. The van der Waals surface area contributed by atoms with Crippen LogP contribution in [0.25, 0.3) is 0 Å². The minimum absolute atomic E-state index is 0.638. The standard InChI is InChI=1S/C16H27IN4/c1-4-21(5-2)11-10-13-19-15(12-8-6-7-9-12)14(17)16(18-3)20-13/h12H,4-11H2,1-3H3,(H,18,19,20). The summed E-state index contributed by atoms with van der Waals surface area (Å²) in [6, 6.07) is 0. The lowest BCUT2D eigenvalue weighted by atomic mass is 10.0. The van der Waals surface area contributed by atoms with Gasteiger partial charge >= 0.3 is 0 Å². The Morgan fingerprint density at radius 2 is 1.86 bits per heavy atom. The van der Waals surface area contributed by atoms with Crippen LogP contribution in [0.4, 0.5) is 5.82 Å². The molecule has 0 aliphatic heterocycles. The highest BCUT2D eigenvalue weighted by Crippen LogP contribution is 2.36. The van der Waals surface area contributed by atoms with E-state index in [1.165, 1.54) is 34.9 Å². The van der Waals surface area contributed by atoms with Gasteiger partial charge in [-0.05, 0) is 48.5 Å². The van der Waals surface area contributed by atoms with Crippen LogP contribution in [-0.2, 0) is 6.42 Å². The van der Waals surface area contributed by atoms with E-state index in [4.69, 9.17) is 9.97 Å². The van der Waals surface area contributed by atoms with E-state index >= 15 is 0 Å². The van der Waals surface area contributed by atoms with Gasteiger partial charge in [-0.25, -0.2) is 9.97 Å². The van der Waals surface area contributed by atoms with E-state index in [-0.39, 0.29) is 0 Å². The van der Waals surface area contributed by atoms with E-state index in [2.05, 4.69) is 46.7 Å². The minimum atomic E-state index is 0.638. The molecule has 1 aromatic rings. The Morgan fingerprint density at radius 1 is 1.19 bits per heavy atom. The van der Waals surface area contributed by atoms with Crippen LogP contribution in [0, 0.1) is 3.57 Å². The van der Waals surface area contributed by atoms with E-state index in [9.17, 15) is 0 Å². The topological polar surface area (TPSA) is 41.1 Å². The molecule has 4 nitrogen and oxygen atoms in total. The number of hydrogen-bond donors (Lipinski definition) is 1. The van der Waals surface area contributed by atoms with Crippen molar-refractivity contribution in [3.05, 3.63) is 15.1 Å². The maximum atomic E-state index is 4.92. The predicted molar refractivity (Wildman–Crippen MR) is 97.0 cm³/mol. The highest BCUT2D eigenvalue weighted by molar-refractivity contribution is 14.1. The van der Waals surface area contributed by atoms with Gasteiger partial charge in [-0.2, -0.15) is 0 Å². The second-order valence-corrected chi connectivity index (χ2v) is 6.77. The quantitative estimate of drug-likeness (QED) is 0.707. The summed E-state index contributed by atoms with van der Waals surface area (Å²) in [5, 5.41) is 3.24. The fourth-order valence-corrected chi connectivity index (χ4v) is 4.01. The highest BCUT2D eigenvalue weighted by atomic mass is 127. The molecule has 1 saturated carbocycles. The Labute approximate surface area is 142 Å². The monoisotopic (exact) mass is 402 g/mol. The predicted octanol–water partition coefficient (Wildman–Crippen LogP) is 3.66. The van der Waals surface area contributed by atoms with Crippen LogP contribution in [0.3, 0.4) is 0 Å². The molecule has 0 radical (unpaired) electrons. The summed E-state index contributed by atoms with van der Waals surface area (Å²) in [6.07, 6.45) is 6.19. The van der Waals surface area contributed by atoms with Crippen molar-refractivity contribution in [2.24, 2.45) is 0 Å². The number of likely N-dealkylation sites (N-methyl/N-ethyl adjacent to an activating group) is 1. The molecule has 118 valence electrons. The first-order chi connectivity index (χ1) is 10.2. The second-order valence-electron chi connectivity index (χ2n) is 5.70. The molecular formula is C16H27IN4. The zero-order chi connectivity index (χ0) is 15.2. The van der Waals surface area contributed by atoms with Gasteiger partial charge in [0.1, 0.15) is 11.6 Å². The smallest absolute Gasteiger partial charge is 0.143 e. The molecule has 0 amide bonds. The van der Waals surface area contributed by atoms with Crippen molar-refractivity contribution >= 4 is 28.4 Å². The van der Waals surface area contributed by atoms with Crippen molar-refractivity contribution in [1.29, 1.82) is 0 Å². The second kappa shape index (κ2) is 8.27. The summed E-state index contributed by atoms with van der Waals surface area (Å²) in [4.78, 5) is 12.1. The molecule has 1 heterocycles. The lowest BCUT2D eigenvalue weighted by Crippen LogP contribution is -2.26. The average Bonchev–Trinajstić information content (AvgIpc) is 3.03. The molecule has 0 saturated heterocycles. The minimum Gasteiger partial charge on any atom is -0.372 e. The zero-order valence-corrected chi connectivity index (χ0v) is 15.6. The van der Waals surface area contributed by atoms with Crippen LogP contribution in [0.1, 0.15) is 57.0 Å². The van der Waals surface area contributed by atoms with Crippen molar-refractivity contribution in [2.45, 2.75) is 51.9 Å². The van der Waals surface area contributed by atoms with Crippen LogP contribution in [-0.4, -0.2) is 41.5 Å². The van der Waals surface area contributed by atoms with Crippen molar-refractivity contribution in [1.82, 2.24) is 14.9 Å². The molecule has 5 heteroatoms. The van der Waals surface area contributed by atoms with E-state index in [1.54, 1.807) is 0 Å². The van der Waals surface area contributed by atoms with Crippen molar-refractivity contribution < 1.29 is 0 Å². The van der Waals surface area contributed by atoms with Crippen LogP contribution < -0.4 is 5.32 Å². The summed E-state index contributed by atoms with van der Waals surface area (Å²) in [6.45, 7) is 7.65. The normalized spacial score (nSPS) is 15.9. The number of halogens is 1. The van der Waals surface area contributed by atoms with E-state index < -0.39 is 0 Å². The summed E-state index contributed by atoms with van der Waals surface area (Å²) in [7, 11) is 1.96. The van der Waals surface area contributed by atoms with Gasteiger partial charge in [-0.3, -0.25) is 0 Å². The maximum Gasteiger partial charge on any atom is 0.143 e. The Balaban J connectivity index is 2.19. The number of anilines is 1. The Morgan fingerprint density at radius 3 is 2.43 bits per heavy atom. The first kappa shape index (κ1) is 16.9. The van der Waals surface area contributed by atoms with Gasteiger partial charge in [0.05, 0.1) is 9.26 Å². The summed E-state index contributed by atoms with van der Waals surface area (Å²) >= 11 is 2.41.